The maximum Gasteiger partial charge on any atom is 0.227 e. The van der Waals surface area contributed by atoms with Gasteiger partial charge in [-0.2, -0.15) is 5.10 Å². The van der Waals surface area contributed by atoms with Crippen molar-refractivity contribution in [3.8, 4) is 0 Å². The van der Waals surface area contributed by atoms with E-state index in [4.69, 9.17) is 9.72 Å². The van der Waals surface area contributed by atoms with Gasteiger partial charge in [-0.25, -0.2) is 9.97 Å². The van der Waals surface area contributed by atoms with Gasteiger partial charge in [0.15, 0.2) is 0 Å². The molecule has 28 heavy (non-hydrogen) atoms. The molecule has 2 atom stereocenters. The molecule has 146 valence electrons. The molecule has 0 spiro atoms. The summed E-state index contributed by atoms with van der Waals surface area (Å²) in [5.41, 5.74) is 2.99. The Morgan fingerprint density at radius 1 is 1.36 bits per heavy atom. The molecule has 0 aromatic carbocycles. The first-order valence-electron chi connectivity index (χ1n) is 9.84. The molecule has 2 fully saturated rings. The summed E-state index contributed by atoms with van der Waals surface area (Å²) < 4.78 is 6.95. The van der Waals surface area contributed by atoms with E-state index in [0.717, 1.165) is 43.9 Å². The van der Waals surface area contributed by atoms with Gasteiger partial charge in [0, 0.05) is 37.8 Å². The summed E-state index contributed by atoms with van der Waals surface area (Å²) in [7, 11) is 1.87. The van der Waals surface area contributed by atoms with Crippen LogP contribution in [0.3, 0.4) is 0 Å². The lowest BCUT2D eigenvalue weighted by Gasteiger charge is -2.36. The first-order valence-corrected chi connectivity index (χ1v) is 9.84. The first-order chi connectivity index (χ1) is 13.7. The average Bonchev–Trinajstić information content (AvgIpc) is 3.18. The van der Waals surface area contributed by atoms with Crippen LogP contribution in [-0.2, 0) is 16.6 Å². The van der Waals surface area contributed by atoms with E-state index in [1.54, 1.807) is 17.1 Å². The molecule has 0 aliphatic carbocycles. The number of aryl methyl sites for hydroxylation is 1. The molecule has 3 aliphatic heterocycles. The minimum atomic E-state index is 0.187. The normalized spacial score (nSPS) is 24.0. The third kappa shape index (κ3) is 3.28. The van der Waals surface area contributed by atoms with E-state index < -0.39 is 0 Å². The molecular formula is C20H24N6O2. The summed E-state index contributed by atoms with van der Waals surface area (Å²) in [5, 5.41) is 7.35. The summed E-state index contributed by atoms with van der Waals surface area (Å²) in [5.74, 6) is 1.24. The number of nitrogens with one attached hydrogen (secondary N) is 1. The van der Waals surface area contributed by atoms with Crippen molar-refractivity contribution < 1.29 is 9.53 Å². The van der Waals surface area contributed by atoms with Crippen molar-refractivity contribution in [2.45, 2.75) is 37.8 Å². The Bertz CT molecular complexity index is 919. The Labute approximate surface area is 163 Å². The Hall–Kier alpha value is -2.74. The van der Waals surface area contributed by atoms with E-state index in [1.807, 2.05) is 19.3 Å². The van der Waals surface area contributed by atoms with Gasteiger partial charge in [-0.15, -0.1) is 0 Å². The maximum absolute atomic E-state index is 12.8. The lowest BCUT2D eigenvalue weighted by Crippen LogP contribution is -2.45. The van der Waals surface area contributed by atoms with Gasteiger partial charge in [-0.3, -0.25) is 9.48 Å². The molecule has 0 radical (unpaired) electrons. The Morgan fingerprint density at radius 3 is 2.96 bits per heavy atom. The smallest absolute Gasteiger partial charge is 0.227 e. The summed E-state index contributed by atoms with van der Waals surface area (Å²) in [6.45, 7) is 1.45. The molecule has 8 heteroatoms. The Morgan fingerprint density at radius 2 is 2.25 bits per heavy atom. The van der Waals surface area contributed by atoms with Gasteiger partial charge in [0.25, 0.3) is 0 Å². The summed E-state index contributed by atoms with van der Waals surface area (Å²) in [6.07, 6.45) is 11.2. The molecule has 2 unspecified atom stereocenters. The van der Waals surface area contributed by atoms with Gasteiger partial charge in [0.2, 0.25) is 11.9 Å². The van der Waals surface area contributed by atoms with E-state index in [9.17, 15) is 4.79 Å². The first kappa shape index (κ1) is 17.4. The largest absolute Gasteiger partial charge is 0.381 e. The van der Waals surface area contributed by atoms with Crippen molar-refractivity contribution in [3.63, 3.8) is 0 Å². The molecule has 8 nitrogen and oxygen atoms in total. The molecule has 2 aromatic rings. The number of ether oxygens (including phenoxy) is 1. The number of carbonyl (C=O) groups is 1. The number of nitrogens with zero attached hydrogens (tertiary/aromatic N) is 5. The Kier molecular flexibility index (Phi) is 4.35. The highest BCUT2D eigenvalue weighted by Gasteiger charge is 2.40. The van der Waals surface area contributed by atoms with E-state index >= 15 is 0 Å². The molecular weight excluding hydrogens is 356 g/mol. The predicted molar refractivity (Wildman–Crippen MR) is 104 cm³/mol. The van der Waals surface area contributed by atoms with Crippen molar-refractivity contribution in [1.82, 2.24) is 24.6 Å². The molecule has 1 N–H and O–H groups in total. The minimum Gasteiger partial charge on any atom is -0.381 e. The fraction of sp³-hybridized carbons (Fsp3) is 0.500. The molecule has 2 aromatic heterocycles. The molecule has 1 amide bonds. The zero-order valence-corrected chi connectivity index (χ0v) is 15.9. The summed E-state index contributed by atoms with van der Waals surface area (Å²) in [6, 6.07) is 2.42. The van der Waals surface area contributed by atoms with Crippen molar-refractivity contribution in [1.29, 1.82) is 0 Å². The topological polar surface area (TPSA) is 85.2 Å². The molecule has 2 saturated heterocycles. The number of fused-ring (bicyclic) bond motifs is 2. The predicted octanol–water partition coefficient (Wildman–Crippen LogP) is 2.14. The van der Waals surface area contributed by atoms with Crippen LogP contribution in [0.2, 0.25) is 0 Å². The molecule has 5 heterocycles. The van der Waals surface area contributed by atoms with E-state index in [-0.39, 0.29) is 18.0 Å². The van der Waals surface area contributed by atoms with Crippen molar-refractivity contribution in [2.75, 3.05) is 18.5 Å². The standard InChI is InChI=1S/C20H24N6O2/c1-25-10-15(9-22-25)23-20-21-5-4-18(24-20)14-7-16-2-3-17(8-14)26(16)19(27)6-13-11-28-12-13/h4-5,7,9-10,13,16-17H,2-3,6,8,11-12H2,1H3,(H,21,23,24). The van der Waals surface area contributed by atoms with Crippen molar-refractivity contribution >= 4 is 23.1 Å². The lowest BCUT2D eigenvalue weighted by molar-refractivity contribution is -0.138. The molecule has 2 bridgehead atoms. The quantitative estimate of drug-likeness (QED) is 0.855. The highest BCUT2D eigenvalue weighted by Crippen LogP contribution is 2.39. The fourth-order valence-electron chi connectivity index (χ4n) is 4.38. The van der Waals surface area contributed by atoms with Crippen LogP contribution in [0, 0.1) is 5.92 Å². The zero-order chi connectivity index (χ0) is 19.1. The zero-order valence-electron chi connectivity index (χ0n) is 15.9. The highest BCUT2D eigenvalue weighted by molar-refractivity contribution is 5.80. The van der Waals surface area contributed by atoms with Gasteiger partial charge in [-0.05, 0) is 30.9 Å². The highest BCUT2D eigenvalue weighted by atomic mass is 16.5. The van der Waals surface area contributed by atoms with Gasteiger partial charge in [0.1, 0.15) is 0 Å². The van der Waals surface area contributed by atoms with Gasteiger partial charge in [-0.1, -0.05) is 6.08 Å². The molecule has 5 rings (SSSR count). The number of anilines is 2. The maximum atomic E-state index is 12.8. The lowest BCUT2D eigenvalue weighted by atomic mass is 9.96. The SMILES string of the molecule is Cn1cc(Nc2nccc(C3=CC4CCC(C3)N4C(=O)CC3COC3)n2)cn1. The van der Waals surface area contributed by atoms with Crippen LogP contribution in [0.4, 0.5) is 11.6 Å². The average molecular weight is 380 g/mol. The van der Waals surface area contributed by atoms with Crippen LogP contribution in [-0.4, -0.2) is 55.9 Å². The van der Waals surface area contributed by atoms with E-state index in [0.29, 0.717) is 18.3 Å². The van der Waals surface area contributed by atoms with Crippen LogP contribution in [0.1, 0.15) is 31.4 Å². The summed E-state index contributed by atoms with van der Waals surface area (Å²) >= 11 is 0. The van der Waals surface area contributed by atoms with E-state index in [2.05, 4.69) is 26.4 Å². The molecule has 0 saturated carbocycles. The van der Waals surface area contributed by atoms with Crippen LogP contribution in [0.25, 0.3) is 5.57 Å². The van der Waals surface area contributed by atoms with E-state index in [1.165, 1.54) is 5.57 Å². The van der Waals surface area contributed by atoms with Crippen LogP contribution < -0.4 is 5.32 Å². The number of carbonyl (C=O) groups excluding carboxylic acids is 1. The number of aromatic nitrogens is 4. The van der Waals surface area contributed by atoms with Crippen LogP contribution >= 0.6 is 0 Å². The third-order valence-corrected chi connectivity index (χ3v) is 5.80. The minimum absolute atomic E-state index is 0.187. The van der Waals surface area contributed by atoms with Gasteiger partial charge < -0.3 is 15.0 Å². The van der Waals surface area contributed by atoms with Crippen molar-refractivity contribution in [3.05, 3.63) is 36.4 Å². The molecule has 3 aliphatic rings. The van der Waals surface area contributed by atoms with Gasteiger partial charge in [0.05, 0.1) is 36.8 Å². The second-order valence-electron chi connectivity index (χ2n) is 7.90. The Balaban J connectivity index is 1.32. The number of rotatable bonds is 5. The third-order valence-electron chi connectivity index (χ3n) is 5.80. The number of hydrogen-bond acceptors (Lipinski definition) is 6. The second-order valence-corrected chi connectivity index (χ2v) is 7.90. The van der Waals surface area contributed by atoms with Crippen molar-refractivity contribution in [2.24, 2.45) is 13.0 Å². The fourth-order valence-corrected chi connectivity index (χ4v) is 4.38. The summed E-state index contributed by atoms with van der Waals surface area (Å²) in [4.78, 5) is 23.9. The second kappa shape index (κ2) is 7.01. The van der Waals surface area contributed by atoms with Gasteiger partial charge >= 0.3 is 0 Å². The monoisotopic (exact) mass is 380 g/mol. The van der Waals surface area contributed by atoms with Crippen LogP contribution in [0.15, 0.2) is 30.7 Å². The van der Waals surface area contributed by atoms with Crippen LogP contribution in [0.5, 0.6) is 0 Å². The number of amides is 1. The number of hydrogen-bond donors (Lipinski definition) is 1.